The van der Waals surface area contributed by atoms with Crippen LogP contribution in [0, 0.1) is 5.92 Å². The van der Waals surface area contributed by atoms with E-state index < -0.39 is 12.0 Å². The Morgan fingerprint density at radius 3 is 2.24 bits per heavy atom. The lowest BCUT2D eigenvalue weighted by molar-refractivity contribution is -0.151. The molecular weight excluding hydrogens is 432 g/mol. The van der Waals surface area contributed by atoms with Gasteiger partial charge in [0.05, 0.1) is 31.7 Å². The first-order chi connectivity index (χ1) is 16.5. The molecule has 1 aliphatic rings. The van der Waals surface area contributed by atoms with Crippen LogP contribution >= 0.6 is 0 Å². The van der Waals surface area contributed by atoms with Crippen LogP contribution in [0.15, 0.2) is 60.7 Å². The number of carbonyl (C=O) groups is 3. The lowest BCUT2D eigenvalue weighted by Crippen LogP contribution is -2.47. The second-order valence-corrected chi connectivity index (χ2v) is 8.66. The Morgan fingerprint density at radius 2 is 1.59 bits per heavy atom. The molecule has 7 heteroatoms. The Bertz CT molecular complexity index is 913. The normalized spacial score (nSPS) is 15.8. The molecule has 7 nitrogen and oxygen atoms in total. The molecule has 0 radical (unpaired) electrons. The molecule has 3 rings (SSSR count). The molecule has 0 unspecified atom stereocenters. The third-order valence-corrected chi connectivity index (χ3v) is 5.96. The molecule has 0 spiro atoms. The number of nitrogens with zero attached hydrogens (tertiary/aromatic N) is 1. The molecule has 0 saturated carbocycles. The fraction of sp³-hybridized carbons (Fsp3) is 0.444. The van der Waals surface area contributed by atoms with Crippen LogP contribution in [0.3, 0.4) is 0 Å². The van der Waals surface area contributed by atoms with Gasteiger partial charge >= 0.3 is 5.97 Å². The van der Waals surface area contributed by atoms with E-state index in [9.17, 15) is 14.4 Å². The fourth-order valence-corrected chi connectivity index (χ4v) is 3.88. The van der Waals surface area contributed by atoms with Gasteiger partial charge in [0.1, 0.15) is 6.61 Å². The molecule has 0 aliphatic carbocycles. The van der Waals surface area contributed by atoms with E-state index in [4.69, 9.17) is 9.47 Å². The van der Waals surface area contributed by atoms with Gasteiger partial charge in [-0.1, -0.05) is 60.7 Å². The summed E-state index contributed by atoms with van der Waals surface area (Å²) >= 11 is 0. The number of morpholine rings is 1. The van der Waals surface area contributed by atoms with Gasteiger partial charge in [-0.05, 0) is 30.9 Å². The number of ether oxygens (including phenoxy) is 2. The second-order valence-electron chi connectivity index (χ2n) is 8.66. The zero-order chi connectivity index (χ0) is 24.2. The van der Waals surface area contributed by atoms with Crippen molar-refractivity contribution < 1.29 is 23.9 Å². The minimum atomic E-state index is -0.672. The maximum atomic E-state index is 12.9. The van der Waals surface area contributed by atoms with Gasteiger partial charge in [-0.25, -0.2) is 0 Å². The summed E-state index contributed by atoms with van der Waals surface area (Å²) in [7, 11) is 0. The van der Waals surface area contributed by atoms with Crippen LogP contribution in [-0.2, 0) is 36.9 Å². The minimum Gasteiger partial charge on any atom is -0.461 e. The third kappa shape index (κ3) is 8.72. The van der Waals surface area contributed by atoms with Gasteiger partial charge < -0.3 is 14.8 Å². The maximum absolute atomic E-state index is 12.9. The Kier molecular flexibility index (Phi) is 10.3. The van der Waals surface area contributed by atoms with Crippen molar-refractivity contribution >= 4 is 17.7 Å². The SMILES string of the molecule is C[C@H](NC(=O)CN1CCOCC1)C(=O)C[C@@H](CCc1ccccc1)C(=O)OCc1ccccc1. The average molecular weight is 467 g/mol. The molecule has 2 aromatic carbocycles. The monoisotopic (exact) mass is 466 g/mol. The van der Waals surface area contributed by atoms with Crippen LogP contribution in [0.5, 0.6) is 0 Å². The molecule has 1 heterocycles. The summed E-state index contributed by atoms with van der Waals surface area (Å²) in [5.41, 5.74) is 2.00. The van der Waals surface area contributed by atoms with Gasteiger partial charge in [0.2, 0.25) is 5.91 Å². The van der Waals surface area contributed by atoms with E-state index in [0.29, 0.717) is 39.1 Å². The average Bonchev–Trinajstić information content (AvgIpc) is 2.86. The van der Waals surface area contributed by atoms with Crippen LogP contribution in [0.4, 0.5) is 0 Å². The number of carbonyl (C=O) groups excluding carboxylic acids is 3. The van der Waals surface area contributed by atoms with Gasteiger partial charge in [-0.3, -0.25) is 19.3 Å². The van der Waals surface area contributed by atoms with Crippen molar-refractivity contribution in [2.75, 3.05) is 32.8 Å². The fourth-order valence-electron chi connectivity index (χ4n) is 3.88. The summed E-state index contributed by atoms with van der Waals surface area (Å²) in [5.74, 6) is -1.34. The number of Topliss-reactive ketones (excluding diaryl/α,β-unsaturated/α-hetero) is 1. The predicted molar refractivity (Wildman–Crippen MR) is 129 cm³/mol. The number of ketones is 1. The van der Waals surface area contributed by atoms with Gasteiger partial charge in [-0.15, -0.1) is 0 Å². The molecular formula is C27H34N2O5. The van der Waals surface area contributed by atoms with Crippen LogP contribution in [0.2, 0.25) is 0 Å². The first kappa shape index (κ1) is 25.6. The second kappa shape index (κ2) is 13.6. The zero-order valence-corrected chi connectivity index (χ0v) is 19.8. The zero-order valence-electron chi connectivity index (χ0n) is 19.8. The highest BCUT2D eigenvalue weighted by Crippen LogP contribution is 2.18. The van der Waals surface area contributed by atoms with Gasteiger partial charge in [-0.2, -0.15) is 0 Å². The Morgan fingerprint density at radius 1 is 0.971 bits per heavy atom. The van der Waals surface area contributed by atoms with Crippen molar-refractivity contribution in [2.24, 2.45) is 5.92 Å². The van der Waals surface area contributed by atoms with Gasteiger partial charge in [0, 0.05) is 19.5 Å². The summed E-state index contributed by atoms with van der Waals surface area (Å²) in [6, 6.07) is 18.7. The van der Waals surface area contributed by atoms with Crippen molar-refractivity contribution in [3.8, 4) is 0 Å². The molecule has 0 aromatic heterocycles. The predicted octanol–water partition coefficient (Wildman–Crippen LogP) is 2.77. The molecule has 34 heavy (non-hydrogen) atoms. The van der Waals surface area contributed by atoms with E-state index in [1.165, 1.54) is 0 Å². The Hall–Kier alpha value is -3.03. The van der Waals surface area contributed by atoms with E-state index >= 15 is 0 Å². The molecule has 1 fully saturated rings. The number of rotatable bonds is 12. The number of hydrogen-bond acceptors (Lipinski definition) is 6. The summed E-state index contributed by atoms with van der Waals surface area (Å²) in [6.07, 6.45) is 1.19. The van der Waals surface area contributed by atoms with E-state index in [2.05, 4.69) is 5.32 Å². The third-order valence-electron chi connectivity index (χ3n) is 5.96. The quantitative estimate of drug-likeness (QED) is 0.484. The standard InChI is InChI=1S/C27H34N2O5/c1-21(28-26(31)19-29-14-16-33-17-15-29)25(30)18-24(13-12-22-8-4-2-5-9-22)27(32)34-20-23-10-6-3-7-11-23/h2-11,21,24H,12-20H2,1H3,(H,28,31)/t21-,24+/m0/s1. The largest absolute Gasteiger partial charge is 0.461 e. The summed E-state index contributed by atoms with van der Waals surface area (Å²) in [4.78, 5) is 40.2. The maximum Gasteiger partial charge on any atom is 0.309 e. The van der Waals surface area contributed by atoms with Crippen molar-refractivity contribution in [2.45, 2.75) is 38.8 Å². The molecule has 1 aliphatic heterocycles. The highest BCUT2D eigenvalue weighted by Gasteiger charge is 2.27. The summed E-state index contributed by atoms with van der Waals surface area (Å²) < 4.78 is 10.8. The van der Waals surface area contributed by atoms with Crippen LogP contribution in [0.1, 0.15) is 30.9 Å². The summed E-state index contributed by atoms with van der Waals surface area (Å²) in [5, 5.41) is 2.78. The molecule has 2 atom stereocenters. The van der Waals surface area contributed by atoms with Crippen molar-refractivity contribution in [3.63, 3.8) is 0 Å². The van der Waals surface area contributed by atoms with Crippen molar-refractivity contribution in [3.05, 3.63) is 71.8 Å². The topological polar surface area (TPSA) is 84.9 Å². The number of benzene rings is 2. The molecule has 182 valence electrons. The van der Waals surface area contributed by atoms with Crippen molar-refractivity contribution in [1.29, 1.82) is 0 Å². The lowest BCUT2D eigenvalue weighted by atomic mass is 9.92. The number of esters is 1. The number of aryl methyl sites for hydroxylation is 1. The van der Waals surface area contributed by atoms with E-state index in [0.717, 1.165) is 11.1 Å². The first-order valence-corrected chi connectivity index (χ1v) is 11.9. The van der Waals surface area contributed by atoms with Crippen LogP contribution in [-0.4, -0.2) is 61.4 Å². The highest BCUT2D eigenvalue weighted by atomic mass is 16.5. The highest BCUT2D eigenvalue weighted by molar-refractivity contribution is 5.91. The van der Waals surface area contributed by atoms with Gasteiger partial charge in [0.25, 0.3) is 0 Å². The van der Waals surface area contributed by atoms with Crippen molar-refractivity contribution in [1.82, 2.24) is 10.2 Å². The molecule has 1 amide bonds. The van der Waals surface area contributed by atoms with E-state index in [1.54, 1.807) is 6.92 Å². The number of amides is 1. The molecule has 2 aromatic rings. The number of nitrogens with one attached hydrogen (secondary N) is 1. The first-order valence-electron chi connectivity index (χ1n) is 11.9. The molecule has 1 saturated heterocycles. The summed E-state index contributed by atoms with van der Waals surface area (Å²) in [6.45, 7) is 4.68. The lowest BCUT2D eigenvalue weighted by Gasteiger charge is -2.26. The number of hydrogen-bond donors (Lipinski definition) is 1. The molecule has 0 bridgehead atoms. The van der Waals surface area contributed by atoms with Crippen LogP contribution in [0.25, 0.3) is 0 Å². The van der Waals surface area contributed by atoms with Gasteiger partial charge in [0.15, 0.2) is 5.78 Å². The Balaban J connectivity index is 1.55. The smallest absolute Gasteiger partial charge is 0.309 e. The van der Waals surface area contributed by atoms with Crippen LogP contribution < -0.4 is 5.32 Å². The van der Waals surface area contributed by atoms with E-state index in [1.807, 2.05) is 65.6 Å². The minimum absolute atomic E-state index is 0.0272. The Labute approximate surface area is 201 Å². The molecule has 1 N–H and O–H groups in total. The van der Waals surface area contributed by atoms with E-state index in [-0.39, 0.29) is 37.2 Å².